The van der Waals surface area contributed by atoms with Crippen LogP contribution >= 0.6 is 0 Å². The first-order valence-electron chi connectivity index (χ1n) is 5.50. The van der Waals surface area contributed by atoms with Crippen molar-refractivity contribution >= 4 is 11.9 Å². The number of amides is 1. The van der Waals surface area contributed by atoms with Gasteiger partial charge in [-0.1, -0.05) is 13.8 Å². The molecule has 0 fully saturated rings. The molecule has 6 heteroatoms. The molecule has 0 saturated carbocycles. The number of rotatable bonds is 6. The van der Waals surface area contributed by atoms with Gasteiger partial charge in [0, 0.05) is 25.4 Å². The summed E-state index contributed by atoms with van der Waals surface area (Å²) in [6.07, 6.45) is 3.61. The van der Waals surface area contributed by atoms with Crippen molar-refractivity contribution in [3.63, 3.8) is 0 Å². The molecule has 1 atom stereocenters. The van der Waals surface area contributed by atoms with Gasteiger partial charge in [-0.25, -0.2) is 4.79 Å². The molecule has 0 spiro atoms. The number of hydrogen-bond donors (Lipinski definition) is 2. The van der Waals surface area contributed by atoms with Gasteiger partial charge in [0.15, 0.2) is 0 Å². The normalized spacial score (nSPS) is 12.4. The zero-order valence-electron chi connectivity index (χ0n) is 9.96. The predicted molar refractivity (Wildman–Crippen MR) is 61.2 cm³/mol. The monoisotopic (exact) mass is 239 g/mol. The van der Waals surface area contributed by atoms with E-state index in [1.54, 1.807) is 37.0 Å². The lowest BCUT2D eigenvalue weighted by molar-refractivity contribution is -0.143. The lowest BCUT2D eigenvalue weighted by Gasteiger charge is -2.17. The van der Waals surface area contributed by atoms with E-state index in [9.17, 15) is 9.59 Å². The van der Waals surface area contributed by atoms with Crippen LogP contribution in [0.1, 0.15) is 20.3 Å². The van der Waals surface area contributed by atoms with Crippen molar-refractivity contribution in [1.29, 1.82) is 0 Å². The highest BCUT2D eigenvalue weighted by molar-refractivity contribution is 5.83. The maximum Gasteiger partial charge on any atom is 0.326 e. The van der Waals surface area contributed by atoms with Crippen LogP contribution in [0.5, 0.6) is 0 Å². The summed E-state index contributed by atoms with van der Waals surface area (Å²) in [5, 5.41) is 15.4. The third kappa shape index (κ3) is 4.26. The summed E-state index contributed by atoms with van der Waals surface area (Å²) in [6.45, 7) is 3.96. The van der Waals surface area contributed by atoms with Crippen LogP contribution in [0.2, 0.25) is 0 Å². The van der Waals surface area contributed by atoms with Gasteiger partial charge in [-0.2, -0.15) is 5.10 Å². The molecule has 6 nitrogen and oxygen atoms in total. The first-order valence-corrected chi connectivity index (χ1v) is 5.50. The highest BCUT2D eigenvalue weighted by Gasteiger charge is 2.22. The molecule has 1 heterocycles. The number of nitrogens with one attached hydrogen (secondary N) is 1. The summed E-state index contributed by atoms with van der Waals surface area (Å²) in [4.78, 5) is 22.4. The second kappa shape index (κ2) is 6.03. The van der Waals surface area contributed by atoms with E-state index < -0.39 is 12.0 Å². The number of aliphatic carboxylic acids is 1. The average molecular weight is 239 g/mol. The first-order chi connectivity index (χ1) is 8.00. The second-order valence-electron chi connectivity index (χ2n) is 4.15. The van der Waals surface area contributed by atoms with Crippen LogP contribution in [-0.2, 0) is 16.1 Å². The summed E-state index contributed by atoms with van der Waals surface area (Å²) < 4.78 is 1.63. The maximum atomic E-state index is 11.5. The average Bonchev–Trinajstić information content (AvgIpc) is 2.74. The molecular formula is C11H17N3O3. The number of carboxylic acid groups (broad SMARTS) is 1. The number of carboxylic acids is 1. The number of aromatic nitrogens is 2. The fourth-order valence-electron chi connectivity index (χ4n) is 1.41. The molecule has 0 aliphatic carbocycles. The molecule has 0 unspecified atom stereocenters. The Morgan fingerprint density at radius 3 is 2.65 bits per heavy atom. The minimum atomic E-state index is -1.01. The third-order valence-corrected chi connectivity index (χ3v) is 2.38. The molecule has 1 rings (SSSR count). The van der Waals surface area contributed by atoms with Gasteiger partial charge < -0.3 is 10.4 Å². The van der Waals surface area contributed by atoms with E-state index in [-0.39, 0.29) is 18.2 Å². The summed E-state index contributed by atoms with van der Waals surface area (Å²) in [6, 6.07) is 0.937. The second-order valence-corrected chi connectivity index (χ2v) is 4.15. The van der Waals surface area contributed by atoms with Crippen molar-refractivity contribution in [2.75, 3.05) is 0 Å². The van der Waals surface area contributed by atoms with Crippen LogP contribution in [0.4, 0.5) is 0 Å². The zero-order valence-corrected chi connectivity index (χ0v) is 9.96. The molecule has 0 bridgehead atoms. The Labute approximate surface area is 99.6 Å². The van der Waals surface area contributed by atoms with E-state index in [0.717, 1.165) is 0 Å². The van der Waals surface area contributed by atoms with Gasteiger partial charge in [-0.15, -0.1) is 0 Å². The Kier molecular flexibility index (Phi) is 4.68. The van der Waals surface area contributed by atoms with E-state index in [4.69, 9.17) is 5.11 Å². The standard InChI is InChI=1S/C11H17N3O3/c1-8(2)10(11(16)17)13-9(15)4-7-14-6-3-5-12-14/h3,5-6,8,10H,4,7H2,1-2H3,(H,13,15)(H,16,17)/t10-/m1/s1. The zero-order chi connectivity index (χ0) is 12.8. The molecule has 0 aliphatic heterocycles. The molecule has 94 valence electrons. The highest BCUT2D eigenvalue weighted by Crippen LogP contribution is 2.02. The van der Waals surface area contributed by atoms with Gasteiger partial charge in [0.05, 0.1) is 0 Å². The van der Waals surface area contributed by atoms with E-state index >= 15 is 0 Å². The summed E-state index contributed by atoms with van der Waals surface area (Å²) in [7, 11) is 0. The van der Waals surface area contributed by atoms with Gasteiger partial charge in [0.1, 0.15) is 6.04 Å². The van der Waals surface area contributed by atoms with Crippen LogP contribution in [-0.4, -0.2) is 32.8 Å². The molecule has 1 aromatic rings. The molecular weight excluding hydrogens is 222 g/mol. The fourth-order valence-corrected chi connectivity index (χ4v) is 1.41. The van der Waals surface area contributed by atoms with Gasteiger partial charge in [0.25, 0.3) is 0 Å². The van der Waals surface area contributed by atoms with Gasteiger partial charge in [-0.3, -0.25) is 9.48 Å². The lowest BCUT2D eigenvalue weighted by Crippen LogP contribution is -2.44. The number of aryl methyl sites for hydroxylation is 1. The molecule has 17 heavy (non-hydrogen) atoms. The van der Waals surface area contributed by atoms with Crippen LogP contribution < -0.4 is 5.32 Å². The van der Waals surface area contributed by atoms with E-state index in [1.165, 1.54) is 0 Å². The minimum absolute atomic E-state index is 0.138. The van der Waals surface area contributed by atoms with E-state index in [0.29, 0.717) is 6.54 Å². The Balaban J connectivity index is 2.40. The van der Waals surface area contributed by atoms with Crippen LogP contribution in [0.3, 0.4) is 0 Å². The van der Waals surface area contributed by atoms with Crippen LogP contribution in [0.15, 0.2) is 18.5 Å². The summed E-state index contributed by atoms with van der Waals surface area (Å²) in [5.41, 5.74) is 0. The smallest absolute Gasteiger partial charge is 0.326 e. The number of carbonyl (C=O) groups is 2. The van der Waals surface area contributed by atoms with Crippen LogP contribution in [0.25, 0.3) is 0 Å². The molecule has 0 radical (unpaired) electrons. The quantitative estimate of drug-likeness (QED) is 0.757. The van der Waals surface area contributed by atoms with Gasteiger partial charge in [0.2, 0.25) is 5.91 Å². The number of carbonyl (C=O) groups excluding carboxylic acids is 1. The van der Waals surface area contributed by atoms with E-state index in [2.05, 4.69) is 10.4 Å². The highest BCUT2D eigenvalue weighted by atomic mass is 16.4. The molecule has 2 N–H and O–H groups in total. The molecule has 0 aliphatic rings. The maximum absolute atomic E-state index is 11.5. The SMILES string of the molecule is CC(C)[C@@H](NC(=O)CCn1cccn1)C(=O)O. The Morgan fingerprint density at radius 1 is 1.47 bits per heavy atom. The van der Waals surface area contributed by atoms with Crippen molar-refractivity contribution < 1.29 is 14.7 Å². The molecule has 1 amide bonds. The largest absolute Gasteiger partial charge is 0.480 e. The lowest BCUT2D eigenvalue weighted by atomic mass is 10.0. The Bertz CT molecular complexity index is 373. The minimum Gasteiger partial charge on any atom is -0.480 e. The van der Waals surface area contributed by atoms with E-state index in [1.807, 2.05) is 0 Å². The van der Waals surface area contributed by atoms with Crippen molar-refractivity contribution in [1.82, 2.24) is 15.1 Å². The number of hydrogen-bond acceptors (Lipinski definition) is 3. The molecule has 1 aromatic heterocycles. The van der Waals surface area contributed by atoms with Gasteiger partial charge >= 0.3 is 5.97 Å². The summed E-state index contributed by atoms with van der Waals surface area (Å²) in [5.74, 6) is -1.42. The fraction of sp³-hybridized carbons (Fsp3) is 0.545. The Morgan fingerprint density at radius 2 is 2.18 bits per heavy atom. The van der Waals surface area contributed by atoms with Crippen molar-refractivity contribution in [2.24, 2.45) is 5.92 Å². The predicted octanol–water partition coefficient (Wildman–Crippen LogP) is 0.499. The number of nitrogens with zero attached hydrogens (tertiary/aromatic N) is 2. The van der Waals surface area contributed by atoms with Gasteiger partial charge in [-0.05, 0) is 12.0 Å². The van der Waals surface area contributed by atoms with Crippen molar-refractivity contribution in [3.8, 4) is 0 Å². The third-order valence-electron chi connectivity index (χ3n) is 2.38. The molecule has 0 saturated heterocycles. The topological polar surface area (TPSA) is 84.2 Å². The van der Waals surface area contributed by atoms with Crippen molar-refractivity contribution in [2.45, 2.75) is 32.9 Å². The first kappa shape index (κ1) is 13.2. The molecule has 0 aromatic carbocycles. The summed E-state index contributed by atoms with van der Waals surface area (Å²) >= 11 is 0. The van der Waals surface area contributed by atoms with Crippen molar-refractivity contribution in [3.05, 3.63) is 18.5 Å². The Hall–Kier alpha value is -1.85. The van der Waals surface area contributed by atoms with Crippen LogP contribution in [0, 0.1) is 5.92 Å².